The van der Waals surface area contributed by atoms with Crippen LogP contribution < -0.4 is 0 Å². The molecular formula is C20H30O10. The Morgan fingerprint density at radius 3 is 0.633 bits per heavy atom. The third kappa shape index (κ3) is 6.70. The van der Waals surface area contributed by atoms with Crippen molar-refractivity contribution in [1.82, 2.24) is 0 Å². The predicted octanol–water partition coefficient (Wildman–Crippen LogP) is 1.61. The van der Waals surface area contributed by atoms with Gasteiger partial charge in [0.1, 0.15) is 0 Å². The molecule has 0 saturated carbocycles. The molecule has 0 N–H and O–H groups in total. The van der Waals surface area contributed by atoms with E-state index in [0.29, 0.717) is 0 Å². The molecule has 1 rings (SSSR count). The highest BCUT2D eigenvalue weighted by molar-refractivity contribution is 5.88. The third-order valence-corrected chi connectivity index (χ3v) is 4.46. The Labute approximate surface area is 175 Å². The number of hydrogen-bond donors (Lipinski definition) is 0. The summed E-state index contributed by atoms with van der Waals surface area (Å²) in [6.07, 6.45) is -6.06. The smallest absolute Gasteiger partial charge is 0.348 e. The van der Waals surface area contributed by atoms with E-state index in [1.54, 1.807) is 34.6 Å². The van der Waals surface area contributed by atoms with E-state index in [4.69, 9.17) is 23.7 Å². The first kappa shape index (κ1) is 25.4. The molecule has 170 valence electrons. The predicted molar refractivity (Wildman–Crippen MR) is 101 cm³/mol. The second-order valence-corrected chi connectivity index (χ2v) is 6.67. The molecule has 0 aliphatic carbocycles. The van der Waals surface area contributed by atoms with Crippen LogP contribution in [-0.4, -0.2) is 60.4 Å². The number of cyclic esters (lactones) is 5. The van der Waals surface area contributed by atoms with Crippen LogP contribution in [0.5, 0.6) is 0 Å². The summed E-state index contributed by atoms with van der Waals surface area (Å²) in [4.78, 5) is 62.0. The van der Waals surface area contributed by atoms with E-state index < -0.39 is 60.4 Å². The van der Waals surface area contributed by atoms with Gasteiger partial charge in [-0.2, -0.15) is 0 Å². The van der Waals surface area contributed by atoms with Gasteiger partial charge in [0, 0.05) is 0 Å². The Morgan fingerprint density at radius 2 is 0.533 bits per heavy atom. The Morgan fingerprint density at radius 1 is 0.400 bits per heavy atom. The quantitative estimate of drug-likeness (QED) is 0.468. The van der Waals surface area contributed by atoms with E-state index in [1.807, 2.05) is 0 Å². The van der Waals surface area contributed by atoms with Crippen molar-refractivity contribution in [2.24, 2.45) is 0 Å². The zero-order valence-corrected chi connectivity index (χ0v) is 18.0. The lowest BCUT2D eigenvalue weighted by atomic mass is 10.2. The molecule has 0 aromatic heterocycles. The van der Waals surface area contributed by atoms with Gasteiger partial charge in [0.25, 0.3) is 0 Å². The first-order chi connectivity index (χ1) is 14.2. The molecule has 0 amide bonds. The minimum absolute atomic E-state index is 0.0806. The highest BCUT2D eigenvalue weighted by Crippen LogP contribution is 2.16. The molecule has 5 unspecified atom stereocenters. The summed E-state index contributed by atoms with van der Waals surface area (Å²) in [7, 11) is 0. The van der Waals surface area contributed by atoms with Crippen molar-refractivity contribution in [3.63, 3.8) is 0 Å². The van der Waals surface area contributed by atoms with Gasteiger partial charge in [-0.15, -0.1) is 0 Å². The van der Waals surface area contributed by atoms with Gasteiger partial charge in [0.05, 0.1) is 0 Å². The van der Waals surface area contributed by atoms with Crippen molar-refractivity contribution >= 4 is 29.8 Å². The first-order valence-electron chi connectivity index (χ1n) is 10.2. The first-order valence-corrected chi connectivity index (χ1v) is 10.2. The van der Waals surface area contributed by atoms with Gasteiger partial charge in [-0.3, -0.25) is 0 Å². The highest BCUT2D eigenvalue weighted by Gasteiger charge is 2.37. The van der Waals surface area contributed by atoms with Crippen LogP contribution in [0.1, 0.15) is 66.7 Å². The van der Waals surface area contributed by atoms with Crippen LogP contribution in [0.15, 0.2) is 0 Å². The maximum Gasteiger partial charge on any atom is 0.348 e. The summed E-state index contributed by atoms with van der Waals surface area (Å²) >= 11 is 0. The van der Waals surface area contributed by atoms with E-state index in [2.05, 4.69) is 0 Å². The zero-order valence-electron chi connectivity index (χ0n) is 18.0. The molecule has 0 spiro atoms. The van der Waals surface area contributed by atoms with E-state index in [9.17, 15) is 24.0 Å². The maximum absolute atomic E-state index is 12.4. The molecule has 5 atom stereocenters. The summed E-state index contributed by atoms with van der Waals surface area (Å²) in [5.41, 5.74) is 0. The Hall–Kier alpha value is -2.65. The highest BCUT2D eigenvalue weighted by atomic mass is 16.7. The number of rotatable bonds is 5. The van der Waals surface area contributed by atoms with E-state index in [0.717, 1.165) is 0 Å². The number of carbonyl (C=O) groups is 5. The summed E-state index contributed by atoms with van der Waals surface area (Å²) < 4.78 is 25.7. The molecule has 0 bridgehead atoms. The molecule has 0 aromatic rings. The van der Waals surface area contributed by atoms with Crippen molar-refractivity contribution in [1.29, 1.82) is 0 Å². The van der Waals surface area contributed by atoms with Gasteiger partial charge in [0.15, 0.2) is 30.5 Å². The molecule has 1 fully saturated rings. The lowest BCUT2D eigenvalue weighted by molar-refractivity contribution is -0.185. The summed E-state index contributed by atoms with van der Waals surface area (Å²) in [5.74, 6) is -4.69. The minimum Gasteiger partial charge on any atom is -0.448 e. The molecule has 1 aliphatic heterocycles. The van der Waals surface area contributed by atoms with Gasteiger partial charge in [-0.1, -0.05) is 34.6 Å². The standard InChI is InChI=1S/C20H30O10/c1-6-11-16(21)27-13(8-3)18(23)29-15(10-5)20(25)30-14(9-4)19(24)28-12(7-2)17(22)26-11/h11-15H,6-10H2,1-5H3. The molecule has 1 aliphatic rings. The number of hydrogen-bond acceptors (Lipinski definition) is 10. The average molecular weight is 430 g/mol. The topological polar surface area (TPSA) is 132 Å². The molecule has 10 nitrogen and oxygen atoms in total. The van der Waals surface area contributed by atoms with Crippen LogP contribution >= 0.6 is 0 Å². The van der Waals surface area contributed by atoms with Gasteiger partial charge < -0.3 is 23.7 Å². The second-order valence-electron chi connectivity index (χ2n) is 6.67. The largest absolute Gasteiger partial charge is 0.448 e. The van der Waals surface area contributed by atoms with Crippen LogP contribution in [0.4, 0.5) is 0 Å². The monoisotopic (exact) mass is 430 g/mol. The van der Waals surface area contributed by atoms with Crippen LogP contribution in [0.2, 0.25) is 0 Å². The van der Waals surface area contributed by atoms with Crippen LogP contribution in [-0.2, 0) is 47.7 Å². The zero-order chi connectivity index (χ0) is 22.8. The van der Waals surface area contributed by atoms with Gasteiger partial charge in [-0.25, -0.2) is 24.0 Å². The number of carbonyl (C=O) groups excluding carboxylic acids is 5. The summed E-state index contributed by atoms with van der Waals surface area (Å²) in [5, 5.41) is 0. The van der Waals surface area contributed by atoms with Crippen molar-refractivity contribution in [2.45, 2.75) is 97.2 Å². The lowest BCUT2D eigenvalue weighted by Crippen LogP contribution is -2.39. The summed E-state index contributed by atoms with van der Waals surface area (Å²) in [6, 6.07) is 0. The maximum atomic E-state index is 12.4. The minimum atomic E-state index is -1.29. The molecule has 0 aromatic carbocycles. The molecule has 0 radical (unpaired) electrons. The van der Waals surface area contributed by atoms with Crippen LogP contribution in [0.25, 0.3) is 0 Å². The molecular weight excluding hydrogens is 400 g/mol. The SMILES string of the molecule is CCC1OC(=O)C(CC)OC(=O)C(CC)OC(=O)C(CC)OC(=O)C(CC)OC1=O. The Bertz CT molecular complexity index is 516. The third-order valence-electron chi connectivity index (χ3n) is 4.46. The number of ether oxygens (including phenoxy) is 5. The van der Waals surface area contributed by atoms with Crippen molar-refractivity contribution in [3.05, 3.63) is 0 Å². The van der Waals surface area contributed by atoms with Crippen molar-refractivity contribution in [2.75, 3.05) is 0 Å². The molecule has 1 heterocycles. The van der Waals surface area contributed by atoms with Crippen LogP contribution in [0, 0.1) is 0 Å². The summed E-state index contributed by atoms with van der Waals surface area (Å²) in [6.45, 7) is 7.95. The Balaban J connectivity index is 3.27. The lowest BCUT2D eigenvalue weighted by Gasteiger charge is -2.22. The van der Waals surface area contributed by atoms with Gasteiger partial charge in [0.2, 0.25) is 0 Å². The molecule has 1 saturated heterocycles. The molecule has 10 heteroatoms. The van der Waals surface area contributed by atoms with Crippen molar-refractivity contribution in [3.8, 4) is 0 Å². The molecule has 30 heavy (non-hydrogen) atoms. The van der Waals surface area contributed by atoms with E-state index >= 15 is 0 Å². The van der Waals surface area contributed by atoms with Gasteiger partial charge in [-0.05, 0) is 32.1 Å². The fraction of sp³-hybridized carbons (Fsp3) is 0.750. The Kier molecular flexibility index (Phi) is 10.3. The van der Waals surface area contributed by atoms with E-state index in [-0.39, 0.29) is 32.1 Å². The second kappa shape index (κ2) is 12.1. The fourth-order valence-electron chi connectivity index (χ4n) is 2.57. The average Bonchev–Trinajstić information content (AvgIpc) is 2.74. The normalized spacial score (nSPS) is 29.5. The van der Waals surface area contributed by atoms with Gasteiger partial charge >= 0.3 is 29.8 Å². The number of esters is 5. The fourth-order valence-corrected chi connectivity index (χ4v) is 2.57. The van der Waals surface area contributed by atoms with Crippen LogP contribution in [0.3, 0.4) is 0 Å². The van der Waals surface area contributed by atoms with E-state index in [1.165, 1.54) is 0 Å². The van der Waals surface area contributed by atoms with Crippen molar-refractivity contribution < 1.29 is 47.7 Å².